The summed E-state index contributed by atoms with van der Waals surface area (Å²) in [6.45, 7) is 12.6. The molecule has 0 bridgehead atoms. The zero-order chi connectivity index (χ0) is 61.1. The third-order valence-corrected chi connectivity index (χ3v) is 14.5. The summed E-state index contributed by atoms with van der Waals surface area (Å²) in [6, 6.07) is 15.4. The second kappa shape index (κ2) is 27.8. The van der Waals surface area contributed by atoms with E-state index in [1.165, 1.54) is 55.0 Å². The Balaban J connectivity index is 0.617. The van der Waals surface area contributed by atoms with E-state index in [4.69, 9.17) is 35.3 Å². The minimum Gasteiger partial charge on any atom is -0.484 e. The number of aromatic nitrogens is 8. The molecule has 450 valence electrons. The van der Waals surface area contributed by atoms with Gasteiger partial charge in [-0.15, -0.1) is 5.10 Å². The predicted octanol–water partition coefficient (Wildman–Crippen LogP) is 7.03. The number of amides is 3. The second-order valence-corrected chi connectivity index (χ2v) is 22.2. The van der Waals surface area contributed by atoms with Crippen molar-refractivity contribution in [1.29, 1.82) is 5.26 Å². The van der Waals surface area contributed by atoms with Gasteiger partial charge in [0.15, 0.2) is 12.4 Å². The Labute approximate surface area is 498 Å². The van der Waals surface area contributed by atoms with Gasteiger partial charge in [-0.25, -0.2) is 43.2 Å². The Kier molecular flexibility index (Phi) is 19.9. The molecule has 86 heavy (non-hydrogen) atoms. The maximum atomic E-state index is 15.6. The van der Waals surface area contributed by atoms with E-state index in [0.29, 0.717) is 73.3 Å². The first-order valence-electron chi connectivity index (χ1n) is 27.6. The number of carboxylic acids is 1. The van der Waals surface area contributed by atoms with Crippen LogP contribution in [0.1, 0.15) is 85.5 Å². The molecule has 0 saturated carbocycles. The van der Waals surface area contributed by atoms with Gasteiger partial charge >= 0.3 is 12.0 Å². The molecule has 4 N–H and O–H groups in total. The van der Waals surface area contributed by atoms with Crippen LogP contribution in [0.3, 0.4) is 0 Å². The number of aliphatic carboxylic acids is 1. The first-order chi connectivity index (χ1) is 41.2. The quantitative estimate of drug-likeness (QED) is 0.0376. The van der Waals surface area contributed by atoms with Gasteiger partial charge in [-0.05, 0) is 68.5 Å². The summed E-state index contributed by atoms with van der Waals surface area (Å²) >= 11 is 6.69. The number of carboxylic acid groups (broad SMARTS) is 1. The summed E-state index contributed by atoms with van der Waals surface area (Å²) in [4.78, 5) is 75.2. The molecular formula is C59H63ClF2N14O10. The fourth-order valence-corrected chi connectivity index (χ4v) is 9.35. The zero-order valence-corrected chi connectivity index (χ0v) is 48.5. The highest BCUT2D eigenvalue weighted by atomic mass is 35.5. The number of rotatable bonds is 27. The molecule has 3 amide bonds. The lowest BCUT2D eigenvalue weighted by Crippen LogP contribution is -2.56. The number of fused-ring (bicyclic) bond motifs is 1. The van der Waals surface area contributed by atoms with E-state index >= 15 is 4.39 Å². The number of benzene rings is 2. The summed E-state index contributed by atoms with van der Waals surface area (Å²) < 4.78 is 60.9. The summed E-state index contributed by atoms with van der Waals surface area (Å²) in [5, 5.41) is 36.1. The molecule has 2 atom stereocenters. The van der Waals surface area contributed by atoms with Crippen molar-refractivity contribution in [2.45, 2.75) is 78.3 Å². The Morgan fingerprint density at radius 3 is 2.43 bits per heavy atom. The summed E-state index contributed by atoms with van der Waals surface area (Å²) in [5.41, 5.74) is 2.64. The third kappa shape index (κ3) is 16.2. The topological polar surface area (TPSA) is 296 Å². The number of nitrogens with one attached hydrogen (secondary N) is 3. The van der Waals surface area contributed by atoms with Crippen molar-refractivity contribution in [3.63, 3.8) is 0 Å². The molecule has 0 aliphatic carbocycles. The molecule has 5 aromatic heterocycles. The van der Waals surface area contributed by atoms with Crippen LogP contribution in [0.15, 0.2) is 85.5 Å². The minimum atomic E-state index is -1.11. The van der Waals surface area contributed by atoms with Gasteiger partial charge in [-0.3, -0.25) is 19.3 Å². The van der Waals surface area contributed by atoms with Crippen molar-refractivity contribution in [3.8, 4) is 40.7 Å². The SMILES string of the molecule is Cc1nc2cc(F)c(-c3cnc(OCCN4CC(n5cc(COCC(=O)N6CC(OCCNC(=O)COc7cccc(Oc8ccc(C(=O)N[C@@H](CCC(C)(C)C)C(=O)O)cn8)c7)C6)nn5)C4)nc3)nc2c(N[C@H](C)c2cc(C#N)ccc2F)c1Cl. The number of carbonyl (C=O) groups is 4. The number of nitriles is 1. The van der Waals surface area contributed by atoms with Crippen LogP contribution in [0.25, 0.3) is 22.3 Å². The van der Waals surface area contributed by atoms with E-state index in [0.717, 1.165) is 0 Å². The van der Waals surface area contributed by atoms with Crippen LogP contribution < -0.4 is 30.2 Å². The Hall–Kier alpha value is -9.03. The third-order valence-electron chi connectivity index (χ3n) is 14.0. The molecule has 2 aliphatic heterocycles. The van der Waals surface area contributed by atoms with Crippen molar-refractivity contribution in [3.05, 3.63) is 130 Å². The lowest BCUT2D eigenvalue weighted by Gasteiger charge is -2.38. The smallest absolute Gasteiger partial charge is 0.326 e. The molecule has 2 aliphatic rings. The van der Waals surface area contributed by atoms with Gasteiger partial charge in [0.1, 0.15) is 53.5 Å². The molecule has 24 nitrogen and oxygen atoms in total. The molecule has 2 aromatic carbocycles. The van der Waals surface area contributed by atoms with Gasteiger partial charge in [0.2, 0.25) is 11.8 Å². The first kappa shape index (κ1) is 61.5. The van der Waals surface area contributed by atoms with Crippen molar-refractivity contribution in [2.75, 3.05) is 71.0 Å². The number of halogens is 3. The molecule has 9 rings (SSSR count). The lowest BCUT2D eigenvalue weighted by molar-refractivity contribution is -0.150. The Morgan fingerprint density at radius 2 is 1.70 bits per heavy atom. The molecule has 0 unspecified atom stereocenters. The van der Waals surface area contributed by atoms with E-state index < -0.39 is 35.6 Å². The summed E-state index contributed by atoms with van der Waals surface area (Å²) in [7, 11) is 0. The number of carbonyl (C=O) groups excluding carboxylic acids is 3. The van der Waals surface area contributed by atoms with Gasteiger partial charge in [-0.2, -0.15) is 5.26 Å². The van der Waals surface area contributed by atoms with Gasteiger partial charge in [0.25, 0.3) is 11.8 Å². The van der Waals surface area contributed by atoms with Gasteiger partial charge in [0, 0.05) is 87.2 Å². The largest absolute Gasteiger partial charge is 0.484 e. The van der Waals surface area contributed by atoms with Crippen LogP contribution in [0.2, 0.25) is 5.02 Å². The molecule has 0 radical (unpaired) electrons. The fourth-order valence-electron chi connectivity index (χ4n) is 9.16. The maximum absolute atomic E-state index is 15.6. The molecule has 7 aromatic rings. The minimum absolute atomic E-state index is 0.0530. The average Bonchev–Trinajstić information content (AvgIpc) is 2.06. The Morgan fingerprint density at radius 1 is 0.919 bits per heavy atom. The van der Waals surface area contributed by atoms with E-state index in [-0.39, 0.29) is 126 Å². The van der Waals surface area contributed by atoms with Gasteiger partial charge in [0.05, 0.1) is 76.7 Å². The van der Waals surface area contributed by atoms with E-state index in [1.54, 1.807) is 53.9 Å². The number of likely N-dealkylation sites (tertiary alicyclic amines) is 2. The first-order valence-corrected chi connectivity index (χ1v) is 28.0. The zero-order valence-electron chi connectivity index (χ0n) is 47.8. The number of ether oxygens (including phenoxy) is 5. The fraction of sp³-hybridized carbons (Fsp3) is 0.390. The standard InChI is InChI=1S/C59H63ClF2N14O10/c1-34(44-19-36(22-63)9-11-45(44)61)69-55-52(60)35(2)68-48-21-46(62)53(71-54(48)55)38-24-66-58(67-25-38)84-18-16-74-27-40(28-74)76-26-39(72-73-76)31-82-33-51(78)75-29-43(30-75)83-17-15-64-49(77)32-85-41-7-6-8-42(20-41)86-50-12-10-37(23-65-50)56(79)70-47(57(80)81)13-14-59(3,4)5/h6-12,19-21,23-26,34,40,43,47H,13-18,27-33H2,1-5H3,(H,64,77)(H,68,69)(H,70,79)(H,80,81)/t34-,47+/m1/s1. The molecule has 7 heterocycles. The number of pyridine rings is 3. The predicted molar refractivity (Wildman–Crippen MR) is 307 cm³/mol. The number of hydrogen-bond acceptors (Lipinski definition) is 19. The number of aryl methyl sites for hydroxylation is 1. The molecule has 0 spiro atoms. The summed E-state index contributed by atoms with van der Waals surface area (Å²) in [5.74, 6) is -2.46. The Bertz CT molecular complexity index is 3610. The normalized spacial score (nSPS) is 14.3. The van der Waals surface area contributed by atoms with Crippen LogP contribution in [-0.2, 0) is 30.5 Å². The van der Waals surface area contributed by atoms with Crippen LogP contribution in [-0.4, -0.2) is 156 Å². The molecular weight excluding hydrogens is 1140 g/mol. The number of nitrogens with zero attached hydrogens (tertiary/aromatic N) is 11. The molecule has 2 saturated heterocycles. The van der Waals surface area contributed by atoms with E-state index in [2.05, 4.69) is 56.1 Å². The van der Waals surface area contributed by atoms with Crippen molar-refractivity contribution in [2.24, 2.45) is 5.41 Å². The summed E-state index contributed by atoms with van der Waals surface area (Å²) in [6.07, 6.45) is 6.63. The monoisotopic (exact) mass is 1200 g/mol. The average molecular weight is 1200 g/mol. The van der Waals surface area contributed by atoms with Crippen molar-refractivity contribution in [1.82, 2.24) is 60.3 Å². The van der Waals surface area contributed by atoms with Crippen LogP contribution >= 0.6 is 11.6 Å². The van der Waals surface area contributed by atoms with Gasteiger partial charge in [-0.1, -0.05) is 43.7 Å². The van der Waals surface area contributed by atoms with Crippen LogP contribution in [0.5, 0.6) is 23.4 Å². The maximum Gasteiger partial charge on any atom is 0.326 e. The number of anilines is 1. The van der Waals surface area contributed by atoms with Crippen molar-refractivity contribution >= 4 is 52.0 Å². The van der Waals surface area contributed by atoms with Crippen LogP contribution in [0, 0.1) is 35.3 Å². The van der Waals surface area contributed by atoms with Crippen molar-refractivity contribution < 1.29 is 56.7 Å². The highest BCUT2D eigenvalue weighted by molar-refractivity contribution is 6.35. The second-order valence-electron chi connectivity index (χ2n) is 21.8. The van der Waals surface area contributed by atoms with E-state index in [1.807, 2.05) is 26.8 Å². The lowest BCUT2D eigenvalue weighted by atomic mass is 9.88. The van der Waals surface area contributed by atoms with Gasteiger partial charge < -0.3 is 49.6 Å². The molecule has 2 fully saturated rings. The highest BCUT2D eigenvalue weighted by Gasteiger charge is 2.32. The van der Waals surface area contributed by atoms with E-state index in [9.17, 15) is 33.9 Å². The number of hydrogen-bond donors (Lipinski definition) is 4. The van der Waals surface area contributed by atoms with Crippen LogP contribution in [0.4, 0.5) is 14.5 Å². The highest BCUT2D eigenvalue weighted by Crippen LogP contribution is 2.37. The molecule has 27 heteroatoms.